The normalized spacial score (nSPS) is 10.7. The van der Waals surface area contributed by atoms with E-state index >= 15 is 0 Å². The van der Waals surface area contributed by atoms with Gasteiger partial charge in [-0.05, 0) is 18.2 Å². The van der Waals surface area contributed by atoms with E-state index in [0.29, 0.717) is 25.6 Å². The summed E-state index contributed by atoms with van der Waals surface area (Å²) in [5, 5.41) is 9.03. The number of aromatic nitrogens is 2. The topological polar surface area (TPSA) is 52.5 Å². The van der Waals surface area contributed by atoms with Crippen LogP contribution in [0.2, 0.25) is 8.67 Å². The Bertz CT molecular complexity index is 782. The quantitative estimate of drug-likeness (QED) is 0.720. The standard InChI is InChI=1S/C12H5Cl2N3S/c13-9-4-7(11(14)18-9)12-16-8-3-1-2-6(5-15)10(8)17-12/h1-4H,(H,16,17). The lowest BCUT2D eigenvalue weighted by molar-refractivity contribution is 1.34. The van der Waals surface area contributed by atoms with Gasteiger partial charge in [-0.1, -0.05) is 29.3 Å². The van der Waals surface area contributed by atoms with Crippen molar-refractivity contribution in [3.8, 4) is 17.5 Å². The molecule has 2 heterocycles. The Kier molecular flexibility index (Phi) is 2.75. The third-order valence-electron chi connectivity index (χ3n) is 2.54. The van der Waals surface area contributed by atoms with Crippen molar-refractivity contribution in [2.24, 2.45) is 0 Å². The van der Waals surface area contributed by atoms with Crippen LogP contribution in [0.25, 0.3) is 22.4 Å². The van der Waals surface area contributed by atoms with E-state index in [0.717, 1.165) is 11.1 Å². The number of nitrogens with zero attached hydrogens (tertiary/aromatic N) is 2. The van der Waals surface area contributed by atoms with E-state index < -0.39 is 0 Å². The van der Waals surface area contributed by atoms with Gasteiger partial charge in [0.1, 0.15) is 21.7 Å². The molecule has 88 valence electrons. The zero-order chi connectivity index (χ0) is 12.7. The summed E-state index contributed by atoms with van der Waals surface area (Å²) in [7, 11) is 0. The first-order valence-corrected chi connectivity index (χ1v) is 6.60. The number of hydrogen-bond donors (Lipinski definition) is 1. The summed E-state index contributed by atoms with van der Waals surface area (Å²) in [4.78, 5) is 7.56. The van der Waals surface area contributed by atoms with Gasteiger partial charge in [-0.15, -0.1) is 11.3 Å². The molecule has 0 fully saturated rings. The number of rotatable bonds is 1. The Morgan fingerprint density at radius 3 is 2.83 bits per heavy atom. The molecule has 6 heteroatoms. The number of thiophene rings is 1. The number of imidazole rings is 1. The van der Waals surface area contributed by atoms with Crippen molar-refractivity contribution in [2.45, 2.75) is 0 Å². The first-order chi connectivity index (χ1) is 8.69. The molecule has 0 aliphatic rings. The van der Waals surface area contributed by atoms with Gasteiger partial charge in [-0.2, -0.15) is 5.26 Å². The zero-order valence-corrected chi connectivity index (χ0v) is 11.2. The van der Waals surface area contributed by atoms with Crippen molar-refractivity contribution in [1.82, 2.24) is 9.97 Å². The van der Waals surface area contributed by atoms with E-state index in [9.17, 15) is 0 Å². The first-order valence-electron chi connectivity index (χ1n) is 5.03. The van der Waals surface area contributed by atoms with Crippen LogP contribution in [0.3, 0.4) is 0 Å². The minimum Gasteiger partial charge on any atom is -0.338 e. The molecule has 0 amide bonds. The van der Waals surface area contributed by atoms with Gasteiger partial charge in [0.05, 0.1) is 15.4 Å². The first kappa shape index (κ1) is 11.5. The molecule has 3 nitrogen and oxygen atoms in total. The number of benzene rings is 1. The maximum atomic E-state index is 9.03. The van der Waals surface area contributed by atoms with Gasteiger partial charge in [0.2, 0.25) is 0 Å². The Morgan fingerprint density at radius 2 is 2.17 bits per heavy atom. The number of nitriles is 1. The molecule has 1 N–H and O–H groups in total. The molecule has 0 atom stereocenters. The number of fused-ring (bicyclic) bond motifs is 1. The molecule has 3 aromatic rings. The highest BCUT2D eigenvalue weighted by molar-refractivity contribution is 7.20. The molecular formula is C12H5Cl2N3S. The monoisotopic (exact) mass is 293 g/mol. The van der Waals surface area contributed by atoms with Crippen LogP contribution in [0.4, 0.5) is 0 Å². The van der Waals surface area contributed by atoms with Crippen LogP contribution in [0, 0.1) is 11.3 Å². The molecule has 18 heavy (non-hydrogen) atoms. The summed E-state index contributed by atoms with van der Waals surface area (Å²) in [5.74, 6) is 0.626. The van der Waals surface area contributed by atoms with E-state index in [4.69, 9.17) is 28.5 Å². The van der Waals surface area contributed by atoms with Gasteiger partial charge in [0, 0.05) is 5.56 Å². The molecule has 0 spiro atoms. The Morgan fingerprint density at radius 1 is 1.33 bits per heavy atom. The average Bonchev–Trinajstić information content (AvgIpc) is 2.91. The molecular weight excluding hydrogens is 289 g/mol. The van der Waals surface area contributed by atoms with Crippen LogP contribution in [0.1, 0.15) is 5.56 Å². The Labute approximate surface area is 117 Å². The maximum absolute atomic E-state index is 9.03. The number of hydrogen-bond acceptors (Lipinski definition) is 3. The predicted molar refractivity (Wildman–Crippen MR) is 74.1 cm³/mol. The second kappa shape index (κ2) is 4.29. The van der Waals surface area contributed by atoms with Crippen LogP contribution < -0.4 is 0 Å². The molecule has 0 aliphatic carbocycles. The highest BCUT2D eigenvalue weighted by Gasteiger charge is 2.13. The molecule has 3 rings (SSSR count). The lowest BCUT2D eigenvalue weighted by atomic mass is 10.2. The fourth-order valence-corrected chi connectivity index (χ4v) is 3.22. The summed E-state index contributed by atoms with van der Waals surface area (Å²) in [6, 6.07) is 9.29. The van der Waals surface area contributed by atoms with Crippen molar-refractivity contribution in [1.29, 1.82) is 5.26 Å². The maximum Gasteiger partial charge on any atom is 0.140 e. The fourth-order valence-electron chi connectivity index (χ4n) is 1.75. The fraction of sp³-hybridized carbons (Fsp3) is 0. The summed E-state index contributed by atoms with van der Waals surface area (Å²) < 4.78 is 1.19. The third kappa shape index (κ3) is 1.77. The van der Waals surface area contributed by atoms with E-state index in [-0.39, 0.29) is 0 Å². The predicted octanol–water partition coefficient (Wildman–Crippen LogP) is 4.47. The van der Waals surface area contributed by atoms with Crippen LogP contribution in [0.5, 0.6) is 0 Å². The van der Waals surface area contributed by atoms with E-state index in [1.165, 1.54) is 11.3 Å². The number of nitrogens with one attached hydrogen (secondary N) is 1. The summed E-state index contributed by atoms with van der Waals surface area (Å²) in [5.41, 5.74) is 2.75. The van der Waals surface area contributed by atoms with Crippen molar-refractivity contribution >= 4 is 45.6 Å². The molecule has 0 bridgehead atoms. The van der Waals surface area contributed by atoms with Crippen LogP contribution in [-0.2, 0) is 0 Å². The van der Waals surface area contributed by atoms with Gasteiger partial charge < -0.3 is 4.98 Å². The minimum absolute atomic E-state index is 0.535. The van der Waals surface area contributed by atoms with Crippen molar-refractivity contribution in [3.63, 3.8) is 0 Å². The lowest BCUT2D eigenvalue weighted by Gasteiger charge is -1.90. The van der Waals surface area contributed by atoms with E-state index in [1.54, 1.807) is 12.1 Å². The number of H-pyrrole nitrogens is 1. The third-order valence-corrected chi connectivity index (χ3v) is 4.03. The van der Waals surface area contributed by atoms with E-state index in [2.05, 4.69) is 16.0 Å². The lowest BCUT2D eigenvalue weighted by Crippen LogP contribution is -1.77. The van der Waals surface area contributed by atoms with Gasteiger partial charge in [-0.25, -0.2) is 4.98 Å². The highest BCUT2D eigenvalue weighted by atomic mass is 35.5. The second-order valence-electron chi connectivity index (χ2n) is 3.64. The van der Waals surface area contributed by atoms with E-state index in [1.807, 2.05) is 12.1 Å². The summed E-state index contributed by atoms with van der Waals surface area (Å²) in [6.45, 7) is 0. The van der Waals surface area contributed by atoms with Gasteiger partial charge >= 0.3 is 0 Å². The molecule has 0 unspecified atom stereocenters. The number of aromatic amines is 1. The van der Waals surface area contributed by atoms with Crippen LogP contribution in [0.15, 0.2) is 24.3 Å². The Hall–Kier alpha value is -1.54. The van der Waals surface area contributed by atoms with Gasteiger partial charge in [0.25, 0.3) is 0 Å². The average molecular weight is 294 g/mol. The number of halogens is 2. The molecule has 2 aromatic heterocycles. The minimum atomic E-state index is 0.535. The van der Waals surface area contributed by atoms with Crippen molar-refractivity contribution < 1.29 is 0 Å². The summed E-state index contributed by atoms with van der Waals surface area (Å²) in [6.07, 6.45) is 0. The Balaban J connectivity index is 2.26. The number of para-hydroxylation sites is 1. The van der Waals surface area contributed by atoms with Crippen LogP contribution in [-0.4, -0.2) is 9.97 Å². The zero-order valence-electron chi connectivity index (χ0n) is 8.87. The van der Waals surface area contributed by atoms with Crippen molar-refractivity contribution in [3.05, 3.63) is 38.5 Å². The molecule has 1 aromatic carbocycles. The van der Waals surface area contributed by atoms with Crippen LogP contribution >= 0.6 is 34.5 Å². The van der Waals surface area contributed by atoms with Gasteiger partial charge in [0.15, 0.2) is 0 Å². The largest absolute Gasteiger partial charge is 0.338 e. The molecule has 0 aliphatic heterocycles. The summed E-state index contributed by atoms with van der Waals surface area (Å²) >= 11 is 13.3. The van der Waals surface area contributed by atoms with Gasteiger partial charge in [-0.3, -0.25) is 0 Å². The van der Waals surface area contributed by atoms with Crippen molar-refractivity contribution in [2.75, 3.05) is 0 Å². The SMILES string of the molecule is N#Cc1cccc2[nH]c(-c3cc(Cl)sc3Cl)nc12. The second-order valence-corrected chi connectivity index (χ2v) is 5.92. The highest BCUT2D eigenvalue weighted by Crippen LogP contribution is 2.37. The molecule has 0 radical (unpaired) electrons. The molecule has 0 saturated heterocycles. The smallest absolute Gasteiger partial charge is 0.140 e. The molecule has 0 saturated carbocycles.